The van der Waals surface area contributed by atoms with Crippen molar-refractivity contribution in [2.75, 3.05) is 6.61 Å². The molecule has 42 heavy (non-hydrogen) atoms. The highest BCUT2D eigenvalue weighted by atomic mass is 31.2. The zero-order chi connectivity index (χ0) is 30.3. The molecule has 0 radical (unpaired) electrons. The summed E-state index contributed by atoms with van der Waals surface area (Å²) >= 11 is 0. The highest BCUT2D eigenvalue weighted by Gasteiger charge is 2.60. The molecule has 1 aliphatic carbocycles. The molecule has 5 N–H and O–H groups in total. The van der Waals surface area contributed by atoms with E-state index in [0.717, 1.165) is 43.5 Å². The van der Waals surface area contributed by atoms with Crippen LogP contribution in [0.5, 0.6) is 5.75 Å². The van der Waals surface area contributed by atoms with Crippen LogP contribution in [0.3, 0.4) is 0 Å². The Balaban J connectivity index is 1.51. The number of nitriles is 1. The molecule has 0 amide bonds. The Morgan fingerprint density at radius 1 is 1.36 bits per heavy atom. The number of nitrogens with zero attached hydrogens (tertiary/aromatic N) is 4. The topological polar surface area (TPSA) is 201 Å². The Labute approximate surface area is 243 Å². The number of rotatable bonds is 11. The van der Waals surface area contributed by atoms with Gasteiger partial charge in [-0.05, 0) is 50.8 Å². The van der Waals surface area contributed by atoms with Crippen molar-refractivity contribution in [1.82, 2.24) is 10.1 Å². The number of aliphatic hydroxyl groups excluding tert-OH is 2. The van der Waals surface area contributed by atoms with Gasteiger partial charge >= 0.3 is 13.7 Å². The van der Waals surface area contributed by atoms with Crippen LogP contribution in [0.15, 0.2) is 64.9 Å². The Morgan fingerprint density at radius 2 is 2.07 bits per heavy atom. The number of aliphatic imine (C=N–C) groups is 1. The number of nitrogens with one attached hydrogen (secondary N) is 1. The standard InChI is InChI=1S/C27H35N6O8P/c1-3-10-21-25(29)30-17-31-33(21)27(16-28)24(35)23(34)22(40-27)15-38-42(37,41-20-13-8-5-9-14-20)32-18(2)26(36)39-19-11-6-4-7-12-19/h3,5,8-10,13-14,17-19,22-24,34-35H,1,4,6-7,11-12,15H2,2H3,(H,32,37)(H2,29,30,31)/b21-10-/t18-,22+,23+,24+,27+,42?/m0/s1. The summed E-state index contributed by atoms with van der Waals surface area (Å²) < 4.78 is 36.6. The van der Waals surface area contributed by atoms with Crippen LogP contribution in [-0.4, -0.2) is 76.2 Å². The van der Waals surface area contributed by atoms with Crippen LogP contribution in [0, 0.1) is 11.3 Å². The third-order valence-electron chi connectivity index (χ3n) is 6.96. The van der Waals surface area contributed by atoms with Gasteiger partial charge < -0.3 is 29.9 Å². The molecule has 2 fully saturated rings. The van der Waals surface area contributed by atoms with Gasteiger partial charge in [0.1, 0.15) is 54.3 Å². The summed E-state index contributed by atoms with van der Waals surface area (Å²) in [5.41, 5.74) is 3.77. The zero-order valence-corrected chi connectivity index (χ0v) is 24.0. The molecule has 6 atom stereocenters. The predicted molar refractivity (Wildman–Crippen MR) is 152 cm³/mol. The maximum absolute atomic E-state index is 13.9. The molecular formula is C27H35N6O8P. The molecule has 4 rings (SSSR count). The quantitative estimate of drug-likeness (QED) is 0.212. The fourth-order valence-electron chi connectivity index (χ4n) is 4.78. The molecule has 0 spiro atoms. The summed E-state index contributed by atoms with van der Waals surface area (Å²) in [5, 5.41) is 39.5. The third-order valence-corrected chi connectivity index (χ3v) is 8.60. The molecule has 1 aromatic carbocycles. The number of benzene rings is 1. The number of esters is 1. The van der Waals surface area contributed by atoms with E-state index in [1.165, 1.54) is 19.1 Å². The fraction of sp³-hybridized carbons (Fsp3) is 0.481. The molecule has 226 valence electrons. The average Bonchev–Trinajstić information content (AvgIpc) is 3.23. The van der Waals surface area contributed by atoms with Crippen LogP contribution >= 0.6 is 7.75 Å². The first-order chi connectivity index (χ1) is 20.1. The van der Waals surface area contributed by atoms with Gasteiger partial charge in [-0.25, -0.2) is 14.6 Å². The number of hydrazone groups is 1. The van der Waals surface area contributed by atoms with Gasteiger partial charge in [0.15, 0.2) is 5.84 Å². The first-order valence-corrected chi connectivity index (χ1v) is 15.1. The second-order valence-electron chi connectivity index (χ2n) is 9.99. The number of allylic oxidation sites excluding steroid dienone is 2. The van der Waals surface area contributed by atoms with Gasteiger partial charge in [0, 0.05) is 0 Å². The number of carbonyl (C=O) groups excluding carboxylic acids is 1. The second-order valence-corrected chi connectivity index (χ2v) is 11.7. The molecule has 0 bridgehead atoms. The third kappa shape index (κ3) is 6.90. The summed E-state index contributed by atoms with van der Waals surface area (Å²) in [4.78, 5) is 16.7. The number of amidine groups is 1. The lowest BCUT2D eigenvalue weighted by Crippen LogP contribution is -2.55. The number of para-hydroxylation sites is 1. The van der Waals surface area contributed by atoms with Gasteiger partial charge in [-0.15, -0.1) is 0 Å². The summed E-state index contributed by atoms with van der Waals surface area (Å²) in [7, 11) is -4.33. The summed E-state index contributed by atoms with van der Waals surface area (Å²) in [6, 6.07) is 8.90. The van der Waals surface area contributed by atoms with Gasteiger partial charge in [-0.2, -0.15) is 15.5 Å². The van der Waals surface area contributed by atoms with Crippen LogP contribution < -0.4 is 15.3 Å². The number of hydrogen-bond donors (Lipinski definition) is 4. The maximum atomic E-state index is 13.9. The summed E-state index contributed by atoms with van der Waals surface area (Å²) in [6.07, 6.45) is 3.23. The van der Waals surface area contributed by atoms with Crippen LogP contribution in [0.2, 0.25) is 0 Å². The van der Waals surface area contributed by atoms with Crippen molar-refractivity contribution in [3.05, 3.63) is 54.8 Å². The molecule has 3 aliphatic rings. The number of nitrogens with two attached hydrogens (primary N) is 1. The molecule has 1 aromatic rings. The lowest BCUT2D eigenvalue weighted by Gasteiger charge is -2.36. The minimum absolute atomic E-state index is 0.0384. The van der Waals surface area contributed by atoms with Crippen LogP contribution in [0.25, 0.3) is 0 Å². The zero-order valence-electron chi connectivity index (χ0n) is 23.1. The lowest BCUT2D eigenvalue weighted by molar-refractivity contribution is -0.152. The molecule has 1 saturated heterocycles. The number of ether oxygens (including phenoxy) is 2. The van der Waals surface area contributed by atoms with Crippen molar-refractivity contribution in [1.29, 1.82) is 5.26 Å². The van der Waals surface area contributed by atoms with Gasteiger partial charge in [-0.3, -0.25) is 9.32 Å². The van der Waals surface area contributed by atoms with E-state index < -0.39 is 50.4 Å². The Morgan fingerprint density at radius 3 is 2.74 bits per heavy atom. The van der Waals surface area contributed by atoms with Gasteiger partial charge in [0.2, 0.25) is 0 Å². The van der Waals surface area contributed by atoms with Crippen molar-refractivity contribution in [2.24, 2.45) is 15.8 Å². The van der Waals surface area contributed by atoms with E-state index in [2.05, 4.69) is 21.8 Å². The number of carbonyl (C=O) groups is 1. The molecule has 15 heteroatoms. The van der Waals surface area contributed by atoms with Crippen LogP contribution in [0.1, 0.15) is 39.0 Å². The monoisotopic (exact) mass is 602 g/mol. The first-order valence-electron chi connectivity index (χ1n) is 13.5. The largest absolute Gasteiger partial charge is 0.461 e. The summed E-state index contributed by atoms with van der Waals surface area (Å²) in [5.74, 6) is -0.483. The van der Waals surface area contributed by atoms with Crippen molar-refractivity contribution in [3.8, 4) is 11.8 Å². The molecule has 2 heterocycles. The molecule has 1 unspecified atom stereocenters. The Bertz CT molecular complexity index is 1310. The van der Waals surface area contributed by atoms with Crippen molar-refractivity contribution in [2.45, 2.75) is 75.2 Å². The molecule has 0 aromatic heterocycles. The lowest BCUT2D eigenvalue weighted by atomic mass is 9.98. The molecular weight excluding hydrogens is 567 g/mol. The minimum atomic E-state index is -4.33. The highest BCUT2D eigenvalue weighted by Crippen LogP contribution is 2.46. The predicted octanol–water partition coefficient (Wildman–Crippen LogP) is 2.07. The normalized spacial score (nSPS) is 29.3. The number of hydrogen-bond acceptors (Lipinski definition) is 13. The van der Waals surface area contributed by atoms with Gasteiger partial charge in [0.05, 0.1) is 6.61 Å². The Kier molecular flexibility index (Phi) is 10.2. The van der Waals surface area contributed by atoms with E-state index in [-0.39, 0.29) is 23.4 Å². The van der Waals surface area contributed by atoms with Crippen LogP contribution in [-0.2, 0) is 23.4 Å². The van der Waals surface area contributed by atoms with Crippen molar-refractivity contribution < 1.29 is 38.1 Å². The molecule has 1 saturated carbocycles. The maximum Gasteiger partial charge on any atom is 0.459 e. The highest BCUT2D eigenvalue weighted by molar-refractivity contribution is 7.52. The first kappa shape index (κ1) is 31.4. The van der Waals surface area contributed by atoms with Gasteiger partial charge in [-0.1, -0.05) is 37.3 Å². The minimum Gasteiger partial charge on any atom is -0.461 e. The molecule has 2 aliphatic heterocycles. The summed E-state index contributed by atoms with van der Waals surface area (Å²) in [6.45, 7) is 4.45. The van der Waals surface area contributed by atoms with E-state index in [1.54, 1.807) is 30.3 Å². The molecule has 14 nitrogen and oxygen atoms in total. The van der Waals surface area contributed by atoms with Crippen molar-refractivity contribution >= 4 is 25.9 Å². The SMILES string of the molecule is C=C/C=C1/C(N)=NC=NN1[C@]1(C#N)O[C@H](COP(=O)(N[C@@H](C)C(=O)OC2CCCCC2)Oc2ccccc2)[C@@H](O)[C@H]1O. The van der Waals surface area contributed by atoms with Crippen molar-refractivity contribution in [3.63, 3.8) is 0 Å². The van der Waals surface area contributed by atoms with Gasteiger partial charge in [0.25, 0.3) is 5.72 Å². The Hall–Kier alpha value is -3.57. The van der Waals surface area contributed by atoms with Crippen LogP contribution in [0.4, 0.5) is 0 Å². The van der Waals surface area contributed by atoms with E-state index in [9.17, 15) is 24.8 Å². The van der Waals surface area contributed by atoms with E-state index in [4.69, 9.17) is 24.3 Å². The fourth-order valence-corrected chi connectivity index (χ4v) is 6.28. The van der Waals surface area contributed by atoms with E-state index in [1.807, 2.05) is 6.07 Å². The second kappa shape index (κ2) is 13.6. The van der Waals surface area contributed by atoms with E-state index in [0.29, 0.717) is 0 Å². The average molecular weight is 603 g/mol. The smallest absolute Gasteiger partial charge is 0.459 e. The van der Waals surface area contributed by atoms with E-state index >= 15 is 0 Å². The number of aliphatic hydroxyl groups is 2.